The van der Waals surface area contributed by atoms with Crippen LogP contribution in [-0.2, 0) is 19.7 Å². The Morgan fingerprint density at radius 2 is 1.93 bits per heavy atom. The van der Waals surface area contributed by atoms with Crippen molar-refractivity contribution in [2.75, 3.05) is 0 Å². The standard InChI is InChI=1S/C21H22N4O3/c1-2-12-25-20(26)9-8-18(24-25)21(27)23-14-17-10-11-22-19(13-17)28-15-16-6-4-3-5-7-16/h3-11,13H,2,12,14-15H2,1H3,(H,23,27). The molecule has 0 aliphatic carbocycles. The van der Waals surface area contributed by atoms with Crippen molar-refractivity contribution in [2.45, 2.75) is 33.0 Å². The first-order valence-electron chi connectivity index (χ1n) is 9.13. The van der Waals surface area contributed by atoms with E-state index in [-0.39, 0.29) is 17.2 Å². The average Bonchev–Trinajstić information content (AvgIpc) is 2.73. The van der Waals surface area contributed by atoms with Gasteiger partial charge in [-0.3, -0.25) is 9.59 Å². The second-order valence-corrected chi connectivity index (χ2v) is 6.24. The zero-order valence-corrected chi connectivity index (χ0v) is 15.7. The molecular weight excluding hydrogens is 356 g/mol. The second-order valence-electron chi connectivity index (χ2n) is 6.24. The fraction of sp³-hybridized carbons (Fsp3) is 0.238. The number of hydrogen-bond donors (Lipinski definition) is 1. The Balaban J connectivity index is 1.59. The molecule has 28 heavy (non-hydrogen) atoms. The van der Waals surface area contributed by atoms with Gasteiger partial charge in [0.2, 0.25) is 5.88 Å². The van der Waals surface area contributed by atoms with Crippen molar-refractivity contribution >= 4 is 5.91 Å². The van der Waals surface area contributed by atoms with Gasteiger partial charge >= 0.3 is 0 Å². The molecule has 7 nitrogen and oxygen atoms in total. The Morgan fingerprint density at radius 3 is 2.71 bits per heavy atom. The highest BCUT2D eigenvalue weighted by molar-refractivity contribution is 5.91. The molecule has 3 rings (SSSR count). The number of nitrogens with one attached hydrogen (secondary N) is 1. The van der Waals surface area contributed by atoms with Gasteiger partial charge in [-0.05, 0) is 29.7 Å². The normalized spacial score (nSPS) is 10.5. The van der Waals surface area contributed by atoms with Gasteiger partial charge in [-0.2, -0.15) is 5.10 Å². The third-order valence-electron chi connectivity index (χ3n) is 4.02. The minimum atomic E-state index is -0.339. The molecule has 0 aliphatic heterocycles. The Kier molecular flexibility index (Phi) is 6.51. The highest BCUT2D eigenvalue weighted by atomic mass is 16.5. The van der Waals surface area contributed by atoms with Crippen LogP contribution in [0.5, 0.6) is 5.88 Å². The van der Waals surface area contributed by atoms with Gasteiger partial charge in [0.1, 0.15) is 12.3 Å². The molecule has 0 unspecified atom stereocenters. The van der Waals surface area contributed by atoms with E-state index in [9.17, 15) is 9.59 Å². The number of carbonyl (C=O) groups is 1. The number of ether oxygens (including phenoxy) is 1. The Bertz CT molecular complexity index is 986. The van der Waals surface area contributed by atoms with Gasteiger partial charge in [-0.25, -0.2) is 9.67 Å². The molecule has 0 atom stereocenters. The van der Waals surface area contributed by atoms with Crippen LogP contribution < -0.4 is 15.6 Å². The molecule has 0 radical (unpaired) electrons. The van der Waals surface area contributed by atoms with Crippen molar-refractivity contribution in [3.8, 4) is 5.88 Å². The maximum absolute atomic E-state index is 12.3. The molecule has 7 heteroatoms. The van der Waals surface area contributed by atoms with Crippen LogP contribution in [0, 0.1) is 0 Å². The summed E-state index contributed by atoms with van der Waals surface area (Å²) in [5.74, 6) is 0.152. The summed E-state index contributed by atoms with van der Waals surface area (Å²) in [7, 11) is 0. The highest BCUT2D eigenvalue weighted by Crippen LogP contribution is 2.12. The number of pyridine rings is 1. The van der Waals surface area contributed by atoms with E-state index < -0.39 is 0 Å². The zero-order valence-electron chi connectivity index (χ0n) is 15.7. The summed E-state index contributed by atoms with van der Waals surface area (Å²) in [5.41, 5.74) is 1.90. The zero-order chi connectivity index (χ0) is 19.8. The fourth-order valence-corrected chi connectivity index (χ4v) is 2.59. The molecule has 3 aromatic rings. The summed E-state index contributed by atoms with van der Waals surface area (Å²) in [5, 5.41) is 6.91. The van der Waals surface area contributed by atoms with Gasteiger partial charge in [0.05, 0.1) is 0 Å². The molecule has 2 heterocycles. The SMILES string of the molecule is CCCn1nc(C(=O)NCc2ccnc(OCc3ccccc3)c2)ccc1=O. The number of amides is 1. The lowest BCUT2D eigenvalue weighted by Crippen LogP contribution is -2.29. The number of aromatic nitrogens is 3. The minimum Gasteiger partial charge on any atom is -0.473 e. The highest BCUT2D eigenvalue weighted by Gasteiger charge is 2.09. The van der Waals surface area contributed by atoms with Crippen molar-refractivity contribution in [3.63, 3.8) is 0 Å². The van der Waals surface area contributed by atoms with Gasteiger partial charge in [-0.1, -0.05) is 37.3 Å². The van der Waals surface area contributed by atoms with Crippen molar-refractivity contribution in [3.05, 3.63) is 88.0 Å². The van der Waals surface area contributed by atoms with Crippen molar-refractivity contribution in [2.24, 2.45) is 0 Å². The van der Waals surface area contributed by atoms with E-state index in [0.717, 1.165) is 17.5 Å². The van der Waals surface area contributed by atoms with Crippen LogP contribution in [0.25, 0.3) is 0 Å². The first kappa shape index (κ1) is 19.3. The molecule has 0 saturated heterocycles. The van der Waals surface area contributed by atoms with Gasteiger partial charge in [0, 0.05) is 31.4 Å². The van der Waals surface area contributed by atoms with E-state index in [2.05, 4.69) is 15.4 Å². The molecule has 0 spiro atoms. The van der Waals surface area contributed by atoms with E-state index >= 15 is 0 Å². The Morgan fingerprint density at radius 1 is 1.11 bits per heavy atom. The maximum atomic E-state index is 12.3. The monoisotopic (exact) mass is 378 g/mol. The largest absolute Gasteiger partial charge is 0.473 e. The number of nitrogens with zero attached hydrogens (tertiary/aromatic N) is 3. The number of rotatable bonds is 8. The minimum absolute atomic E-state index is 0.211. The van der Waals surface area contributed by atoms with Crippen molar-refractivity contribution in [1.82, 2.24) is 20.1 Å². The van der Waals surface area contributed by atoms with E-state index in [0.29, 0.717) is 25.6 Å². The summed E-state index contributed by atoms with van der Waals surface area (Å²) < 4.78 is 7.01. The Labute approximate surface area is 163 Å². The van der Waals surface area contributed by atoms with Gasteiger partial charge in [-0.15, -0.1) is 0 Å². The van der Waals surface area contributed by atoms with Crippen LogP contribution in [0.3, 0.4) is 0 Å². The van der Waals surface area contributed by atoms with E-state index in [1.165, 1.54) is 16.8 Å². The Hall–Kier alpha value is -3.48. The smallest absolute Gasteiger partial charge is 0.271 e. The van der Waals surface area contributed by atoms with Crippen LogP contribution >= 0.6 is 0 Å². The van der Waals surface area contributed by atoms with Gasteiger partial charge in [0.15, 0.2) is 0 Å². The lowest BCUT2D eigenvalue weighted by atomic mass is 10.2. The number of benzene rings is 1. The molecule has 0 aliphatic rings. The average molecular weight is 378 g/mol. The van der Waals surface area contributed by atoms with Crippen molar-refractivity contribution < 1.29 is 9.53 Å². The van der Waals surface area contributed by atoms with Crippen LogP contribution in [0.1, 0.15) is 35.0 Å². The molecule has 0 bridgehead atoms. The topological polar surface area (TPSA) is 86.1 Å². The van der Waals surface area contributed by atoms with Gasteiger partial charge < -0.3 is 10.1 Å². The quantitative estimate of drug-likeness (QED) is 0.651. The molecule has 144 valence electrons. The second kappa shape index (κ2) is 9.45. The predicted octanol–water partition coefficient (Wildman–Crippen LogP) is 2.56. The maximum Gasteiger partial charge on any atom is 0.271 e. The first-order chi connectivity index (χ1) is 13.7. The molecule has 0 saturated carbocycles. The van der Waals surface area contributed by atoms with E-state index in [4.69, 9.17) is 4.74 Å². The summed E-state index contributed by atoms with van der Waals surface area (Å²) in [4.78, 5) is 28.3. The predicted molar refractivity (Wildman–Crippen MR) is 105 cm³/mol. The molecule has 1 N–H and O–H groups in total. The van der Waals surface area contributed by atoms with Crippen LogP contribution in [0.2, 0.25) is 0 Å². The lowest BCUT2D eigenvalue weighted by Gasteiger charge is -2.09. The fourth-order valence-electron chi connectivity index (χ4n) is 2.59. The molecule has 0 fully saturated rings. The summed E-state index contributed by atoms with van der Waals surface area (Å²) >= 11 is 0. The molecule has 2 aromatic heterocycles. The molecular formula is C21H22N4O3. The summed E-state index contributed by atoms with van der Waals surface area (Å²) in [6, 6.07) is 16.2. The molecule has 1 amide bonds. The third kappa shape index (κ3) is 5.26. The first-order valence-corrected chi connectivity index (χ1v) is 9.13. The lowest BCUT2D eigenvalue weighted by molar-refractivity contribution is 0.0943. The summed E-state index contributed by atoms with van der Waals surface area (Å²) in [6.45, 7) is 3.15. The van der Waals surface area contributed by atoms with Crippen LogP contribution in [0.15, 0.2) is 65.6 Å². The van der Waals surface area contributed by atoms with Gasteiger partial charge in [0.25, 0.3) is 11.5 Å². The summed E-state index contributed by atoms with van der Waals surface area (Å²) in [6.07, 6.45) is 2.41. The number of hydrogen-bond acceptors (Lipinski definition) is 5. The third-order valence-corrected chi connectivity index (χ3v) is 4.02. The number of carbonyl (C=O) groups excluding carboxylic acids is 1. The van der Waals surface area contributed by atoms with Crippen LogP contribution in [0.4, 0.5) is 0 Å². The molecule has 1 aromatic carbocycles. The number of aryl methyl sites for hydroxylation is 1. The van der Waals surface area contributed by atoms with Crippen molar-refractivity contribution in [1.29, 1.82) is 0 Å². The van der Waals surface area contributed by atoms with E-state index in [1.807, 2.05) is 37.3 Å². The van der Waals surface area contributed by atoms with E-state index in [1.54, 1.807) is 18.3 Å². The van der Waals surface area contributed by atoms with Crippen LogP contribution in [-0.4, -0.2) is 20.7 Å².